The third kappa shape index (κ3) is 6.54. The van der Waals surface area contributed by atoms with Crippen LogP contribution in [-0.2, 0) is 22.6 Å². The largest absolute Gasteiger partial charge is 0.460 e. The molecule has 180 valence electrons. The van der Waals surface area contributed by atoms with Gasteiger partial charge in [-0.1, -0.05) is 88.4 Å². The highest BCUT2D eigenvalue weighted by Gasteiger charge is 2.57. The molecular weight excluding hydrogens is 429 g/mol. The fourth-order valence-corrected chi connectivity index (χ4v) is 7.81. The lowest BCUT2D eigenvalue weighted by Gasteiger charge is -2.40. The van der Waals surface area contributed by atoms with Crippen LogP contribution in [0, 0.1) is 17.8 Å². The number of carbonyl (C=O) groups is 1. The zero-order chi connectivity index (χ0) is 24.2. The number of rotatable bonds is 10. The van der Waals surface area contributed by atoms with Gasteiger partial charge in [0.05, 0.1) is 5.92 Å². The van der Waals surface area contributed by atoms with Crippen molar-refractivity contribution in [1.82, 2.24) is 4.90 Å². The smallest absolute Gasteiger partial charge is 0.309 e. The molecule has 1 saturated heterocycles. The molecule has 0 unspecified atom stereocenters. The Morgan fingerprint density at radius 2 is 1.39 bits per heavy atom. The number of cyclic esters (lactones) is 1. The number of nitrogens with zero attached hydrogens (tertiary/aromatic N) is 1. The lowest BCUT2D eigenvalue weighted by atomic mass is 9.87. The minimum Gasteiger partial charge on any atom is -0.460 e. The Bertz CT molecular complexity index is 840. The molecule has 0 amide bonds. The number of esters is 1. The molecule has 2 aromatic rings. The summed E-state index contributed by atoms with van der Waals surface area (Å²) < 4.78 is 21.9. The van der Waals surface area contributed by atoms with Crippen molar-refractivity contribution in [3.8, 4) is 0 Å². The summed E-state index contributed by atoms with van der Waals surface area (Å²) in [5, 5.41) is 0. The topological polar surface area (TPSA) is 29.5 Å². The molecule has 0 spiro atoms. The number of hydrogen-bond donors (Lipinski definition) is 0. The van der Waals surface area contributed by atoms with Crippen LogP contribution in [0.2, 0.25) is 18.6 Å². The molecular formula is C28H40FNO2Si. The Kier molecular flexibility index (Phi) is 8.52. The van der Waals surface area contributed by atoms with Gasteiger partial charge in [0.1, 0.15) is 6.10 Å². The number of halogens is 1. The maximum Gasteiger partial charge on any atom is 0.309 e. The molecule has 0 bridgehead atoms. The lowest BCUT2D eigenvalue weighted by Crippen LogP contribution is -2.49. The predicted octanol–water partition coefficient (Wildman–Crippen LogP) is 6.85. The Hall–Kier alpha value is -1.98. The Balaban J connectivity index is 2.03. The van der Waals surface area contributed by atoms with Gasteiger partial charge in [0.15, 0.2) is 0 Å². The second kappa shape index (κ2) is 11.0. The number of carbonyl (C=O) groups excluding carboxylic acids is 1. The van der Waals surface area contributed by atoms with Crippen LogP contribution in [-0.4, -0.2) is 31.4 Å². The van der Waals surface area contributed by atoms with Crippen molar-refractivity contribution in [1.29, 1.82) is 0 Å². The minimum absolute atomic E-state index is 0.0503. The fraction of sp³-hybridized carbons (Fsp3) is 0.536. The molecule has 0 aliphatic carbocycles. The minimum atomic E-state index is -3.17. The van der Waals surface area contributed by atoms with Crippen molar-refractivity contribution < 1.29 is 13.6 Å². The summed E-state index contributed by atoms with van der Waals surface area (Å²) in [5.74, 6) is -0.129. The lowest BCUT2D eigenvalue weighted by molar-refractivity contribution is -0.147. The SMILES string of the molecule is CC(C)C[C@@H]([C@@H]1OC(=O)[C@H](C(C)C)[C@H]1[Si](C)(C)F)N(Cc1ccccc1)Cc1ccccc1. The highest BCUT2D eigenvalue weighted by atomic mass is 28.4. The van der Waals surface area contributed by atoms with Gasteiger partial charge in [0.25, 0.3) is 0 Å². The van der Waals surface area contributed by atoms with Gasteiger partial charge >= 0.3 is 5.97 Å². The molecule has 1 fully saturated rings. The van der Waals surface area contributed by atoms with Crippen LogP contribution in [0.3, 0.4) is 0 Å². The quantitative estimate of drug-likeness (QED) is 0.217. The highest BCUT2D eigenvalue weighted by Crippen LogP contribution is 2.48. The van der Waals surface area contributed by atoms with Gasteiger partial charge in [-0.3, -0.25) is 9.69 Å². The van der Waals surface area contributed by atoms with Gasteiger partial charge in [-0.05, 0) is 42.5 Å². The molecule has 1 aliphatic heterocycles. The third-order valence-corrected chi connectivity index (χ3v) is 9.07. The first kappa shape index (κ1) is 25.6. The normalized spacial score (nSPS) is 22.2. The van der Waals surface area contributed by atoms with Crippen molar-refractivity contribution in [2.75, 3.05) is 0 Å². The van der Waals surface area contributed by atoms with Crippen LogP contribution in [0.1, 0.15) is 45.2 Å². The summed E-state index contributed by atoms with van der Waals surface area (Å²) in [7, 11) is -3.17. The van der Waals surface area contributed by atoms with E-state index in [-0.39, 0.29) is 29.4 Å². The molecule has 33 heavy (non-hydrogen) atoms. The number of hydrogen-bond acceptors (Lipinski definition) is 3. The third-order valence-electron chi connectivity index (χ3n) is 6.79. The van der Waals surface area contributed by atoms with Gasteiger partial charge in [-0.15, -0.1) is 0 Å². The summed E-state index contributed by atoms with van der Waals surface area (Å²) in [6.45, 7) is 13.4. The van der Waals surface area contributed by atoms with Crippen molar-refractivity contribution in [2.45, 2.75) is 78.0 Å². The zero-order valence-corrected chi connectivity index (χ0v) is 22.0. The predicted molar refractivity (Wildman–Crippen MR) is 136 cm³/mol. The van der Waals surface area contributed by atoms with Crippen molar-refractivity contribution in [3.63, 3.8) is 0 Å². The second-order valence-corrected chi connectivity index (χ2v) is 14.6. The molecule has 1 heterocycles. The van der Waals surface area contributed by atoms with E-state index < -0.39 is 14.5 Å². The first-order valence-corrected chi connectivity index (χ1v) is 15.2. The highest BCUT2D eigenvalue weighted by molar-refractivity contribution is 6.72. The van der Waals surface area contributed by atoms with Gasteiger partial charge in [-0.25, -0.2) is 0 Å². The van der Waals surface area contributed by atoms with E-state index in [0.29, 0.717) is 5.92 Å². The van der Waals surface area contributed by atoms with Crippen LogP contribution in [0.15, 0.2) is 60.7 Å². The number of benzene rings is 2. The van der Waals surface area contributed by atoms with Crippen molar-refractivity contribution in [2.24, 2.45) is 17.8 Å². The van der Waals surface area contributed by atoms with E-state index in [2.05, 4.69) is 67.3 Å². The summed E-state index contributed by atoms with van der Waals surface area (Å²) in [5.41, 5.74) is 2.07. The maximum absolute atomic E-state index is 15.8. The fourth-order valence-electron chi connectivity index (χ4n) is 5.36. The van der Waals surface area contributed by atoms with Crippen LogP contribution in [0.4, 0.5) is 4.11 Å². The average Bonchev–Trinajstić information content (AvgIpc) is 3.10. The van der Waals surface area contributed by atoms with Crippen LogP contribution in [0.5, 0.6) is 0 Å². The molecule has 0 N–H and O–H groups in total. The van der Waals surface area contributed by atoms with Gasteiger partial charge in [0, 0.05) is 24.7 Å². The zero-order valence-electron chi connectivity index (χ0n) is 21.0. The molecule has 4 atom stereocenters. The second-order valence-electron chi connectivity index (χ2n) is 10.8. The molecule has 0 radical (unpaired) electrons. The van der Waals surface area contributed by atoms with E-state index >= 15 is 4.11 Å². The Morgan fingerprint density at radius 3 is 1.79 bits per heavy atom. The van der Waals surface area contributed by atoms with E-state index in [0.717, 1.165) is 19.5 Å². The summed E-state index contributed by atoms with van der Waals surface area (Å²) in [6.07, 6.45) is 0.426. The molecule has 5 heteroatoms. The van der Waals surface area contributed by atoms with E-state index in [9.17, 15) is 4.79 Å². The maximum atomic E-state index is 15.8. The Labute approximate surface area is 200 Å². The van der Waals surface area contributed by atoms with Crippen molar-refractivity contribution >= 4 is 14.4 Å². The van der Waals surface area contributed by atoms with Crippen LogP contribution >= 0.6 is 0 Å². The molecule has 3 rings (SSSR count). The van der Waals surface area contributed by atoms with E-state index in [1.807, 2.05) is 26.0 Å². The number of ether oxygens (including phenoxy) is 1. The Morgan fingerprint density at radius 1 is 0.909 bits per heavy atom. The summed E-state index contributed by atoms with van der Waals surface area (Å²) in [6, 6.07) is 20.7. The standard InChI is InChI=1S/C28H40FNO2Si/c1-20(2)17-24(26-27(33(5,6)29)25(21(3)4)28(31)32-26)30(18-22-13-9-7-10-14-22)19-23-15-11-8-12-16-23/h7-16,20-21,24-27H,17-19H2,1-6H3/t24-,25+,26-,27+/m0/s1. The van der Waals surface area contributed by atoms with Gasteiger partial charge in [-0.2, -0.15) is 0 Å². The van der Waals surface area contributed by atoms with Gasteiger partial charge < -0.3 is 8.84 Å². The average molecular weight is 470 g/mol. The molecule has 3 nitrogen and oxygen atoms in total. The van der Waals surface area contributed by atoms with E-state index in [1.54, 1.807) is 13.1 Å². The molecule has 2 aromatic carbocycles. The van der Waals surface area contributed by atoms with Crippen LogP contribution in [0.25, 0.3) is 0 Å². The van der Waals surface area contributed by atoms with Crippen LogP contribution < -0.4 is 0 Å². The van der Waals surface area contributed by atoms with Crippen molar-refractivity contribution in [3.05, 3.63) is 71.8 Å². The first-order valence-electron chi connectivity index (χ1n) is 12.3. The van der Waals surface area contributed by atoms with E-state index in [4.69, 9.17) is 4.74 Å². The first-order chi connectivity index (χ1) is 15.6. The molecule has 1 aliphatic rings. The summed E-state index contributed by atoms with van der Waals surface area (Å²) >= 11 is 0. The summed E-state index contributed by atoms with van der Waals surface area (Å²) in [4.78, 5) is 15.4. The van der Waals surface area contributed by atoms with E-state index in [1.165, 1.54) is 11.1 Å². The molecule has 0 saturated carbocycles. The van der Waals surface area contributed by atoms with Gasteiger partial charge in [0.2, 0.25) is 8.41 Å². The molecule has 0 aromatic heterocycles. The monoisotopic (exact) mass is 469 g/mol.